The number of fused-ring (bicyclic) bond motifs is 3. The molecule has 0 fully saturated rings. The van der Waals surface area contributed by atoms with E-state index in [0.717, 1.165) is 10.5 Å². The third-order valence-electron chi connectivity index (χ3n) is 6.03. The zero-order chi connectivity index (χ0) is 24.2. The molecule has 0 radical (unpaired) electrons. The number of benzene rings is 3. The number of anilines is 1. The van der Waals surface area contributed by atoms with Gasteiger partial charge in [-0.1, -0.05) is 60.4 Å². The highest BCUT2D eigenvalue weighted by atomic mass is 16.5. The second-order valence-corrected chi connectivity index (χ2v) is 8.20. The van der Waals surface area contributed by atoms with E-state index in [4.69, 9.17) is 4.74 Å². The molecule has 3 amide bonds. The second-order valence-electron chi connectivity index (χ2n) is 8.20. The van der Waals surface area contributed by atoms with Gasteiger partial charge in [0.15, 0.2) is 0 Å². The molecule has 1 N–H and O–H groups in total. The fraction of sp³-hybridized carbons (Fsp3) is 0.138. The Kier molecular flexibility index (Phi) is 6.15. The summed E-state index contributed by atoms with van der Waals surface area (Å²) >= 11 is 0. The number of nitrogens with zero attached hydrogens (tertiary/aromatic N) is 1. The molecule has 1 aliphatic carbocycles. The van der Waals surface area contributed by atoms with Gasteiger partial charge in [0.05, 0.1) is 5.69 Å². The van der Waals surface area contributed by atoms with E-state index in [2.05, 4.69) is 41.4 Å². The van der Waals surface area contributed by atoms with Crippen LogP contribution in [-0.4, -0.2) is 31.1 Å². The number of carbonyl (C=O) groups is 3. The van der Waals surface area contributed by atoms with Crippen LogP contribution in [0, 0.1) is 11.8 Å². The van der Waals surface area contributed by atoms with Gasteiger partial charge in [-0.15, -0.1) is 0 Å². The lowest BCUT2D eigenvalue weighted by molar-refractivity contribution is -0.119. The highest BCUT2D eigenvalue weighted by molar-refractivity contribution is 6.28. The van der Waals surface area contributed by atoms with Crippen LogP contribution in [0.1, 0.15) is 29.0 Å². The maximum absolute atomic E-state index is 12.2. The van der Waals surface area contributed by atoms with Gasteiger partial charge in [-0.2, -0.15) is 0 Å². The summed E-state index contributed by atoms with van der Waals surface area (Å²) in [5.41, 5.74) is 5.99. The van der Waals surface area contributed by atoms with Crippen LogP contribution in [0.25, 0.3) is 11.1 Å². The summed E-state index contributed by atoms with van der Waals surface area (Å²) < 4.78 is 5.52. The van der Waals surface area contributed by atoms with Gasteiger partial charge in [0.1, 0.15) is 6.61 Å². The van der Waals surface area contributed by atoms with Crippen molar-refractivity contribution in [2.45, 2.75) is 12.3 Å². The van der Waals surface area contributed by atoms with Crippen LogP contribution >= 0.6 is 0 Å². The van der Waals surface area contributed by atoms with Crippen LogP contribution in [0.2, 0.25) is 0 Å². The molecule has 0 bridgehead atoms. The maximum Gasteiger partial charge on any atom is 0.407 e. The van der Waals surface area contributed by atoms with Crippen LogP contribution in [0.5, 0.6) is 0 Å². The smallest absolute Gasteiger partial charge is 0.407 e. The van der Waals surface area contributed by atoms with Crippen molar-refractivity contribution in [3.8, 4) is 23.0 Å². The molecule has 0 unspecified atom stereocenters. The molecule has 172 valence electrons. The van der Waals surface area contributed by atoms with E-state index >= 15 is 0 Å². The first-order valence-electron chi connectivity index (χ1n) is 11.4. The van der Waals surface area contributed by atoms with E-state index in [1.807, 2.05) is 24.3 Å². The van der Waals surface area contributed by atoms with Crippen LogP contribution in [0.15, 0.2) is 84.9 Å². The molecule has 35 heavy (non-hydrogen) atoms. The lowest BCUT2D eigenvalue weighted by atomic mass is 9.98. The zero-order valence-corrected chi connectivity index (χ0v) is 18.9. The van der Waals surface area contributed by atoms with Crippen molar-refractivity contribution >= 4 is 23.6 Å². The van der Waals surface area contributed by atoms with Gasteiger partial charge in [-0.3, -0.25) is 9.59 Å². The largest absolute Gasteiger partial charge is 0.449 e. The van der Waals surface area contributed by atoms with Gasteiger partial charge in [-0.05, 0) is 46.5 Å². The minimum atomic E-state index is -0.466. The van der Waals surface area contributed by atoms with Crippen molar-refractivity contribution in [2.75, 3.05) is 18.1 Å². The maximum atomic E-state index is 12.2. The fourth-order valence-electron chi connectivity index (χ4n) is 4.39. The Morgan fingerprint density at radius 3 is 2.09 bits per heavy atom. The molecular formula is C29H22N2O4. The molecule has 3 aromatic carbocycles. The molecule has 6 nitrogen and oxygen atoms in total. The summed E-state index contributed by atoms with van der Waals surface area (Å²) in [6.45, 7) is 0.639. The summed E-state index contributed by atoms with van der Waals surface area (Å²) in [7, 11) is 0. The SMILES string of the molecule is O=C(NCCC#Cc1ccc(N2C(=O)C=CC2=O)cc1)OCC1c2ccccc2-c2ccccc21. The lowest BCUT2D eigenvalue weighted by Crippen LogP contribution is -2.29. The highest BCUT2D eigenvalue weighted by Crippen LogP contribution is 2.44. The van der Waals surface area contributed by atoms with Gasteiger partial charge in [0, 0.05) is 36.6 Å². The van der Waals surface area contributed by atoms with E-state index < -0.39 is 6.09 Å². The number of hydrogen-bond donors (Lipinski definition) is 1. The van der Waals surface area contributed by atoms with Gasteiger partial charge in [-0.25, -0.2) is 9.69 Å². The predicted molar refractivity (Wildman–Crippen MR) is 133 cm³/mol. The second kappa shape index (κ2) is 9.70. The molecular weight excluding hydrogens is 440 g/mol. The van der Waals surface area contributed by atoms with Crippen molar-refractivity contribution in [3.63, 3.8) is 0 Å². The van der Waals surface area contributed by atoms with Crippen LogP contribution in [0.3, 0.4) is 0 Å². The highest BCUT2D eigenvalue weighted by Gasteiger charge is 2.29. The third kappa shape index (κ3) is 4.57. The van der Waals surface area contributed by atoms with Gasteiger partial charge in [0.2, 0.25) is 0 Å². The lowest BCUT2D eigenvalue weighted by Gasteiger charge is -2.14. The summed E-state index contributed by atoms with van der Waals surface area (Å²) in [6, 6.07) is 23.3. The first-order valence-corrected chi connectivity index (χ1v) is 11.4. The van der Waals surface area contributed by atoms with Crippen molar-refractivity contribution < 1.29 is 19.1 Å². The summed E-state index contributed by atoms with van der Waals surface area (Å²) in [5, 5.41) is 2.74. The van der Waals surface area contributed by atoms with E-state index in [9.17, 15) is 14.4 Å². The summed E-state index contributed by atoms with van der Waals surface area (Å²) in [4.78, 5) is 36.8. The van der Waals surface area contributed by atoms with Crippen LogP contribution in [0.4, 0.5) is 10.5 Å². The number of ether oxygens (including phenoxy) is 1. The Morgan fingerprint density at radius 1 is 0.857 bits per heavy atom. The van der Waals surface area contributed by atoms with E-state index in [-0.39, 0.29) is 24.3 Å². The first kappa shape index (κ1) is 22.2. The van der Waals surface area contributed by atoms with E-state index in [1.54, 1.807) is 24.3 Å². The molecule has 1 aliphatic heterocycles. The van der Waals surface area contributed by atoms with Crippen molar-refractivity contribution in [2.24, 2.45) is 0 Å². The minimum Gasteiger partial charge on any atom is -0.449 e. The molecule has 0 spiro atoms. The molecule has 1 heterocycles. The number of nitrogens with one attached hydrogen (secondary N) is 1. The minimum absolute atomic E-state index is 0.0258. The number of imide groups is 1. The Balaban J connectivity index is 1.10. The van der Waals surface area contributed by atoms with Gasteiger partial charge < -0.3 is 10.1 Å². The Morgan fingerprint density at radius 2 is 1.46 bits per heavy atom. The van der Waals surface area contributed by atoms with Crippen LogP contribution in [-0.2, 0) is 14.3 Å². The number of carbonyl (C=O) groups excluding carboxylic acids is 3. The van der Waals surface area contributed by atoms with Crippen LogP contribution < -0.4 is 10.2 Å². The normalized spacial score (nSPS) is 13.8. The van der Waals surface area contributed by atoms with Crippen molar-refractivity contribution in [1.82, 2.24) is 5.32 Å². The molecule has 0 aromatic heterocycles. The zero-order valence-electron chi connectivity index (χ0n) is 18.9. The molecule has 0 saturated heterocycles. The molecule has 0 atom stereocenters. The average molecular weight is 463 g/mol. The fourth-order valence-corrected chi connectivity index (χ4v) is 4.39. The van der Waals surface area contributed by atoms with Gasteiger partial charge in [0.25, 0.3) is 11.8 Å². The number of alkyl carbamates (subject to hydrolysis) is 1. The molecule has 0 saturated carbocycles. The van der Waals surface area contributed by atoms with Gasteiger partial charge >= 0.3 is 6.09 Å². The van der Waals surface area contributed by atoms with Crippen molar-refractivity contribution in [1.29, 1.82) is 0 Å². The molecule has 6 heteroatoms. The first-order chi connectivity index (χ1) is 17.1. The number of amides is 3. The number of rotatable bonds is 5. The molecule has 5 rings (SSSR count). The predicted octanol–water partition coefficient (Wildman–Crippen LogP) is 4.40. The average Bonchev–Trinajstić information content (AvgIpc) is 3.39. The van der Waals surface area contributed by atoms with E-state index in [0.29, 0.717) is 18.7 Å². The Labute approximate surface area is 203 Å². The Hall–Kier alpha value is -4.63. The molecule has 3 aromatic rings. The monoisotopic (exact) mass is 462 g/mol. The standard InChI is InChI=1S/C29H22N2O4/c32-27-16-17-28(33)31(27)21-14-12-20(13-15-21)7-5-6-18-30-29(34)35-19-26-24-10-3-1-8-22(24)23-9-2-4-11-25(23)26/h1-4,8-17,26H,6,18-19H2,(H,30,34). The van der Waals surface area contributed by atoms with E-state index in [1.165, 1.54) is 34.4 Å². The summed E-state index contributed by atoms with van der Waals surface area (Å²) in [6.07, 6.45) is 2.49. The quantitative estimate of drug-likeness (QED) is 0.347. The third-order valence-corrected chi connectivity index (χ3v) is 6.03. The van der Waals surface area contributed by atoms with Crippen molar-refractivity contribution in [3.05, 3.63) is 102 Å². The molecule has 2 aliphatic rings. The topological polar surface area (TPSA) is 75.7 Å². The Bertz CT molecular complexity index is 1330. The number of hydrogen-bond acceptors (Lipinski definition) is 4. The summed E-state index contributed by atoms with van der Waals surface area (Å²) in [5.74, 6) is 5.34.